The molecule has 1 aliphatic carbocycles. The highest BCUT2D eigenvalue weighted by atomic mass is 35.5. The van der Waals surface area contributed by atoms with Crippen LogP contribution in [0.4, 0.5) is 13.2 Å². The number of ether oxygens (including phenoxy) is 2. The second kappa shape index (κ2) is 12.1. The standard InChI is InChI=1S/C25H29F3N2O6S.ClH/c26-25(27,28)18-3-1-4-21(17-18)36-16-2-15-35-20-7-9-22(10-8-20)37(33,34)24(23(31)29-32)11-13-30(14-12-24)19-5-6-19;/h1,3-4,7-10,17,19,32H,2,5-6,11-16H2,(H,29,31);1H. The summed E-state index contributed by atoms with van der Waals surface area (Å²) in [4.78, 5) is 14.7. The zero-order valence-corrected chi connectivity index (χ0v) is 22.1. The molecule has 1 heterocycles. The van der Waals surface area contributed by atoms with Gasteiger partial charge in [-0.25, -0.2) is 13.9 Å². The third kappa shape index (κ3) is 6.53. The Morgan fingerprint density at radius 1 is 1.03 bits per heavy atom. The van der Waals surface area contributed by atoms with Gasteiger partial charge in [-0.1, -0.05) is 6.07 Å². The van der Waals surface area contributed by atoms with E-state index in [0.29, 0.717) is 31.3 Å². The SMILES string of the molecule is Cl.O=C(NO)C1(S(=O)(=O)c2ccc(OCCCOc3cccc(C(F)(F)F)c3)cc2)CCN(C2CC2)CC1. The number of amides is 1. The van der Waals surface area contributed by atoms with Gasteiger partial charge in [-0.05, 0) is 68.1 Å². The van der Waals surface area contributed by atoms with Crippen LogP contribution in [-0.2, 0) is 20.8 Å². The van der Waals surface area contributed by atoms with Crippen molar-refractivity contribution in [2.24, 2.45) is 0 Å². The first-order valence-corrected chi connectivity index (χ1v) is 13.5. The van der Waals surface area contributed by atoms with Gasteiger partial charge in [0.1, 0.15) is 11.5 Å². The van der Waals surface area contributed by atoms with Crippen molar-refractivity contribution in [3.63, 3.8) is 0 Å². The summed E-state index contributed by atoms with van der Waals surface area (Å²) in [5.74, 6) is -0.431. The summed E-state index contributed by atoms with van der Waals surface area (Å²) in [7, 11) is -4.11. The zero-order chi connectivity index (χ0) is 26.7. The third-order valence-corrected chi connectivity index (χ3v) is 9.34. The van der Waals surface area contributed by atoms with Crippen molar-refractivity contribution in [3.05, 3.63) is 54.1 Å². The molecule has 0 atom stereocenters. The predicted molar refractivity (Wildman–Crippen MR) is 134 cm³/mol. The van der Waals surface area contributed by atoms with Gasteiger partial charge in [0.2, 0.25) is 0 Å². The molecular formula is C25H30ClF3N2O6S. The molecule has 1 saturated carbocycles. The van der Waals surface area contributed by atoms with Gasteiger partial charge >= 0.3 is 6.18 Å². The Hall–Kier alpha value is -2.54. The molecule has 0 radical (unpaired) electrons. The maximum Gasteiger partial charge on any atom is 0.416 e. The number of rotatable bonds is 10. The highest BCUT2D eigenvalue weighted by Gasteiger charge is 2.54. The largest absolute Gasteiger partial charge is 0.493 e. The van der Waals surface area contributed by atoms with Gasteiger partial charge in [-0.15, -0.1) is 12.4 Å². The minimum absolute atomic E-state index is 0. The predicted octanol–water partition coefficient (Wildman–Crippen LogP) is 4.25. The number of likely N-dealkylation sites (tertiary alicyclic amines) is 1. The lowest BCUT2D eigenvalue weighted by Gasteiger charge is -2.39. The van der Waals surface area contributed by atoms with Crippen molar-refractivity contribution in [3.8, 4) is 11.5 Å². The normalized spacial score (nSPS) is 17.8. The van der Waals surface area contributed by atoms with Crippen LogP contribution in [0, 0.1) is 0 Å². The fourth-order valence-corrected chi connectivity index (χ4v) is 6.51. The molecular weight excluding hydrogens is 549 g/mol. The number of sulfone groups is 1. The number of carbonyl (C=O) groups excluding carboxylic acids is 1. The lowest BCUT2D eigenvalue weighted by atomic mass is 9.94. The van der Waals surface area contributed by atoms with Gasteiger partial charge in [-0.2, -0.15) is 13.2 Å². The van der Waals surface area contributed by atoms with Gasteiger partial charge in [0, 0.05) is 25.6 Å². The zero-order valence-electron chi connectivity index (χ0n) is 20.4. The highest BCUT2D eigenvalue weighted by Crippen LogP contribution is 2.39. The Morgan fingerprint density at radius 3 is 2.18 bits per heavy atom. The third-order valence-electron chi connectivity index (χ3n) is 6.82. The summed E-state index contributed by atoms with van der Waals surface area (Å²) in [6.45, 7) is 1.24. The van der Waals surface area contributed by atoms with E-state index in [1.54, 1.807) is 5.48 Å². The van der Waals surface area contributed by atoms with Crippen molar-refractivity contribution >= 4 is 28.2 Å². The van der Waals surface area contributed by atoms with E-state index in [2.05, 4.69) is 4.90 Å². The first-order valence-electron chi connectivity index (χ1n) is 12.0. The number of alkyl halides is 3. The molecule has 2 aromatic carbocycles. The number of hydrogen-bond donors (Lipinski definition) is 2. The monoisotopic (exact) mass is 578 g/mol. The van der Waals surface area contributed by atoms with Crippen molar-refractivity contribution < 1.29 is 41.1 Å². The van der Waals surface area contributed by atoms with E-state index in [0.717, 1.165) is 25.0 Å². The molecule has 0 aromatic heterocycles. The van der Waals surface area contributed by atoms with Crippen LogP contribution >= 0.6 is 12.4 Å². The van der Waals surface area contributed by atoms with Gasteiger partial charge in [0.25, 0.3) is 5.91 Å². The Kier molecular flexibility index (Phi) is 9.56. The molecule has 38 heavy (non-hydrogen) atoms. The average molecular weight is 579 g/mol. The Labute approximate surface area is 225 Å². The quantitative estimate of drug-likeness (QED) is 0.247. The molecule has 2 N–H and O–H groups in total. The van der Waals surface area contributed by atoms with Crippen molar-refractivity contribution in [1.29, 1.82) is 0 Å². The maximum atomic E-state index is 13.5. The number of nitrogens with one attached hydrogen (secondary N) is 1. The molecule has 2 fully saturated rings. The summed E-state index contributed by atoms with van der Waals surface area (Å²) >= 11 is 0. The van der Waals surface area contributed by atoms with Gasteiger partial charge in [-0.3, -0.25) is 10.0 Å². The second-order valence-corrected chi connectivity index (χ2v) is 11.5. The van der Waals surface area contributed by atoms with Crippen LogP contribution in [-0.4, -0.2) is 61.5 Å². The van der Waals surface area contributed by atoms with Crippen molar-refractivity contribution in [1.82, 2.24) is 10.4 Å². The molecule has 2 aromatic rings. The van der Waals surface area contributed by atoms with Crippen molar-refractivity contribution in [2.45, 2.75) is 54.0 Å². The Bertz CT molecular complexity index is 1200. The van der Waals surface area contributed by atoms with Crippen LogP contribution in [0.15, 0.2) is 53.4 Å². The fraction of sp³-hybridized carbons (Fsp3) is 0.480. The second-order valence-electron chi connectivity index (χ2n) is 9.25. The summed E-state index contributed by atoms with van der Waals surface area (Å²) in [6.07, 6.45) is -1.74. The van der Waals surface area contributed by atoms with Gasteiger partial charge in [0.15, 0.2) is 14.6 Å². The summed E-state index contributed by atoms with van der Waals surface area (Å²) < 4.78 is 74.6. The molecule has 8 nitrogen and oxygen atoms in total. The number of piperidine rings is 1. The van der Waals surface area contributed by atoms with E-state index in [-0.39, 0.29) is 49.1 Å². The van der Waals surface area contributed by atoms with E-state index >= 15 is 0 Å². The summed E-state index contributed by atoms with van der Waals surface area (Å²) in [5.41, 5.74) is 0.767. The minimum Gasteiger partial charge on any atom is -0.493 e. The fourth-order valence-electron chi connectivity index (χ4n) is 4.55. The first-order chi connectivity index (χ1) is 17.6. The Morgan fingerprint density at radius 2 is 1.63 bits per heavy atom. The lowest BCUT2D eigenvalue weighted by Crippen LogP contribution is -2.58. The first kappa shape index (κ1) is 30.0. The van der Waals surface area contributed by atoms with Gasteiger partial charge in [0.05, 0.1) is 23.7 Å². The minimum atomic E-state index is -4.45. The van der Waals surface area contributed by atoms with E-state index in [9.17, 15) is 31.6 Å². The number of carbonyl (C=O) groups is 1. The number of hydroxylamine groups is 1. The molecule has 1 amide bonds. The average Bonchev–Trinajstić information content (AvgIpc) is 3.73. The number of benzene rings is 2. The van der Waals surface area contributed by atoms with E-state index < -0.39 is 32.2 Å². The van der Waals surface area contributed by atoms with Crippen LogP contribution in [0.1, 0.15) is 37.7 Å². The van der Waals surface area contributed by atoms with Crippen LogP contribution in [0.5, 0.6) is 11.5 Å². The maximum absolute atomic E-state index is 13.5. The molecule has 13 heteroatoms. The highest BCUT2D eigenvalue weighted by molar-refractivity contribution is 7.93. The van der Waals surface area contributed by atoms with Crippen LogP contribution in [0.2, 0.25) is 0 Å². The number of hydrogen-bond acceptors (Lipinski definition) is 7. The topological polar surface area (TPSA) is 105 Å². The van der Waals surface area contributed by atoms with Crippen LogP contribution < -0.4 is 15.0 Å². The smallest absolute Gasteiger partial charge is 0.416 e. The van der Waals surface area contributed by atoms with Crippen LogP contribution in [0.25, 0.3) is 0 Å². The van der Waals surface area contributed by atoms with E-state index in [1.807, 2.05) is 0 Å². The number of halogens is 4. The molecule has 210 valence electrons. The molecule has 0 bridgehead atoms. The van der Waals surface area contributed by atoms with E-state index in [4.69, 9.17) is 9.47 Å². The molecule has 0 unspecified atom stereocenters. The molecule has 4 rings (SSSR count). The number of nitrogens with zero attached hydrogens (tertiary/aromatic N) is 1. The lowest BCUT2D eigenvalue weighted by molar-refractivity contribution is -0.137. The van der Waals surface area contributed by atoms with Gasteiger partial charge < -0.3 is 14.4 Å². The molecule has 2 aliphatic rings. The Balaban J connectivity index is 0.00000400. The van der Waals surface area contributed by atoms with Crippen molar-refractivity contribution in [2.75, 3.05) is 26.3 Å². The molecule has 1 saturated heterocycles. The molecule has 0 spiro atoms. The molecule has 1 aliphatic heterocycles. The van der Waals surface area contributed by atoms with E-state index in [1.165, 1.54) is 36.4 Å². The summed E-state index contributed by atoms with van der Waals surface area (Å²) in [5, 5.41) is 9.30. The van der Waals surface area contributed by atoms with Crippen LogP contribution in [0.3, 0.4) is 0 Å². The summed E-state index contributed by atoms with van der Waals surface area (Å²) in [6, 6.07) is 10.7.